The smallest absolute Gasteiger partial charge is 0.308 e. The van der Waals surface area contributed by atoms with Crippen molar-refractivity contribution in [3.8, 4) is 11.5 Å². The molecule has 0 saturated carbocycles. The van der Waals surface area contributed by atoms with E-state index in [0.29, 0.717) is 30.0 Å². The van der Waals surface area contributed by atoms with Gasteiger partial charge in [-0.2, -0.15) is 0 Å². The van der Waals surface area contributed by atoms with Gasteiger partial charge in [-0.05, 0) is 73.2 Å². The highest BCUT2D eigenvalue weighted by atomic mass is 16.5. The van der Waals surface area contributed by atoms with Crippen molar-refractivity contribution in [2.24, 2.45) is 0 Å². The van der Waals surface area contributed by atoms with Crippen LogP contribution in [0.25, 0.3) is 0 Å². The Balaban J connectivity index is 1.33. The minimum Gasteiger partial charge on any atom is -0.494 e. The lowest BCUT2D eigenvalue weighted by molar-refractivity contribution is -0.131. The van der Waals surface area contributed by atoms with Crippen molar-refractivity contribution in [1.82, 2.24) is 5.32 Å². The second kappa shape index (κ2) is 14.3. The van der Waals surface area contributed by atoms with Crippen molar-refractivity contribution in [2.75, 3.05) is 19.7 Å². The third kappa shape index (κ3) is 9.17. The van der Waals surface area contributed by atoms with Gasteiger partial charge in [-0.1, -0.05) is 48.5 Å². The van der Waals surface area contributed by atoms with E-state index in [1.165, 1.54) is 18.1 Å². The lowest BCUT2D eigenvalue weighted by Gasteiger charge is -2.15. The minimum absolute atomic E-state index is 0.274. The first-order chi connectivity index (χ1) is 17.0. The van der Waals surface area contributed by atoms with Crippen molar-refractivity contribution in [3.05, 3.63) is 95.1 Å². The van der Waals surface area contributed by atoms with Gasteiger partial charge in [0.1, 0.15) is 11.5 Å². The van der Waals surface area contributed by atoms with Crippen LogP contribution in [0.15, 0.2) is 72.8 Å². The molecule has 0 aliphatic rings. The predicted octanol–water partition coefficient (Wildman–Crippen LogP) is 4.37. The zero-order valence-corrected chi connectivity index (χ0v) is 20.3. The van der Waals surface area contributed by atoms with Crippen LogP contribution >= 0.6 is 0 Å². The Bertz CT molecular complexity index is 1040. The summed E-state index contributed by atoms with van der Waals surface area (Å²) in [6.07, 6.45) is 3.31. The molecule has 0 amide bonds. The van der Waals surface area contributed by atoms with Crippen LogP contribution < -0.4 is 14.8 Å². The second-order valence-corrected chi connectivity index (χ2v) is 8.52. The molecular weight excluding hydrogens is 442 g/mol. The van der Waals surface area contributed by atoms with Crippen LogP contribution in [0.3, 0.4) is 0 Å². The molecule has 6 heteroatoms. The van der Waals surface area contributed by atoms with E-state index < -0.39 is 12.1 Å². The van der Waals surface area contributed by atoms with Crippen molar-refractivity contribution in [3.63, 3.8) is 0 Å². The largest absolute Gasteiger partial charge is 0.494 e. The predicted molar refractivity (Wildman–Crippen MR) is 137 cm³/mol. The number of esters is 1. The van der Waals surface area contributed by atoms with Gasteiger partial charge in [0.2, 0.25) is 0 Å². The lowest BCUT2D eigenvalue weighted by Crippen LogP contribution is -2.23. The first kappa shape index (κ1) is 26.4. The molecule has 0 spiro atoms. The van der Waals surface area contributed by atoms with Crippen LogP contribution in [0.1, 0.15) is 48.1 Å². The zero-order chi connectivity index (χ0) is 24.9. The fourth-order valence-corrected chi connectivity index (χ4v) is 3.79. The number of benzene rings is 3. The fourth-order valence-electron chi connectivity index (χ4n) is 3.79. The quantitative estimate of drug-likeness (QED) is 0.182. The molecule has 3 aromatic carbocycles. The average Bonchev–Trinajstić information content (AvgIpc) is 2.87. The number of nitrogens with one attached hydrogen (secondary N) is 1. The van der Waals surface area contributed by atoms with Crippen LogP contribution in [-0.4, -0.2) is 35.9 Å². The Morgan fingerprint density at radius 3 is 2.40 bits per heavy atom. The van der Waals surface area contributed by atoms with Crippen LogP contribution in [0.2, 0.25) is 0 Å². The monoisotopic (exact) mass is 477 g/mol. The topological polar surface area (TPSA) is 88.0 Å². The van der Waals surface area contributed by atoms with Crippen LogP contribution in [0.4, 0.5) is 0 Å². The number of aliphatic hydroxyl groups is 2. The standard InChI is InChI=1S/C29H35NO5/c1-22(32)35-29-15-12-25(19-26(29)21-31)28(33)20-30-17-16-24-10-13-27(14-11-24)34-18-6-5-9-23-7-3-2-4-8-23/h2-4,7-8,10-15,19,28,30-31,33H,5-6,9,16-18,20-21H2,1H3. The van der Waals surface area contributed by atoms with Crippen LogP contribution in [0.5, 0.6) is 11.5 Å². The molecule has 0 saturated heterocycles. The van der Waals surface area contributed by atoms with E-state index >= 15 is 0 Å². The number of aliphatic hydroxyl groups excluding tert-OH is 2. The number of hydrogen-bond donors (Lipinski definition) is 3. The highest BCUT2D eigenvalue weighted by Gasteiger charge is 2.12. The highest BCUT2D eigenvalue weighted by Crippen LogP contribution is 2.24. The van der Waals surface area contributed by atoms with E-state index in [9.17, 15) is 15.0 Å². The van der Waals surface area contributed by atoms with Gasteiger partial charge in [-0.15, -0.1) is 0 Å². The van der Waals surface area contributed by atoms with Gasteiger partial charge in [0.05, 0.1) is 19.3 Å². The summed E-state index contributed by atoms with van der Waals surface area (Å²) in [7, 11) is 0. The summed E-state index contributed by atoms with van der Waals surface area (Å²) in [6.45, 7) is 2.84. The van der Waals surface area contributed by atoms with E-state index in [0.717, 1.165) is 38.0 Å². The summed E-state index contributed by atoms with van der Waals surface area (Å²) in [4.78, 5) is 11.2. The molecule has 35 heavy (non-hydrogen) atoms. The number of carbonyl (C=O) groups is 1. The van der Waals surface area contributed by atoms with Crippen molar-refractivity contribution in [2.45, 2.75) is 45.3 Å². The summed E-state index contributed by atoms with van der Waals surface area (Å²) in [5.74, 6) is 0.741. The van der Waals surface area contributed by atoms with Gasteiger partial charge >= 0.3 is 5.97 Å². The molecule has 3 N–H and O–H groups in total. The number of rotatable bonds is 14. The molecule has 0 radical (unpaired) electrons. The molecule has 0 aliphatic carbocycles. The van der Waals surface area contributed by atoms with Gasteiger partial charge in [0.15, 0.2) is 0 Å². The van der Waals surface area contributed by atoms with Gasteiger partial charge in [0, 0.05) is 19.0 Å². The minimum atomic E-state index is -0.732. The zero-order valence-electron chi connectivity index (χ0n) is 20.3. The molecule has 0 aromatic heterocycles. The average molecular weight is 478 g/mol. The molecule has 6 nitrogen and oxygen atoms in total. The molecule has 0 aliphatic heterocycles. The summed E-state index contributed by atoms with van der Waals surface area (Å²) < 4.78 is 10.9. The SMILES string of the molecule is CC(=O)Oc1ccc(C(O)CNCCc2ccc(OCCCCc3ccccc3)cc2)cc1CO. The number of carbonyl (C=O) groups excluding carboxylic acids is 1. The first-order valence-electron chi connectivity index (χ1n) is 12.1. The number of hydrogen-bond acceptors (Lipinski definition) is 6. The first-order valence-corrected chi connectivity index (χ1v) is 12.1. The maximum Gasteiger partial charge on any atom is 0.308 e. The van der Waals surface area contributed by atoms with E-state index in [1.807, 2.05) is 18.2 Å². The maximum absolute atomic E-state index is 11.2. The fraction of sp³-hybridized carbons (Fsp3) is 0.345. The van der Waals surface area contributed by atoms with Crippen molar-refractivity contribution in [1.29, 1.82) is 0 Å². The molecule has 3 aromatic rings. The summed E-state index contributed by atoms with van der Waals surface area (Å²) in [6, 6.07) is 23.6. The summed E-state index contributed by atoms with van der Waals surface area (Å²) >= 11 is 0. The molecule has 186 valence electrons. The third-order valence-electron chi connectivity index (χ3n) is 5.72. The summed E-state index contributed by atoms with van der Waals surface area (Å²) in [5, 5.41) is 23.2. The van der Waals surface area contributed by atoms with Gasteiger partial charge < -0.3 is 25.0 Å². The van der Waals surface area contributed by atoms with Gasteiger partial charge in [-0.3, -0.25) is 4.79 Å². The normalized spacial score (nSPS) is 11.7. The van der Waals surface area contributed by atoms with E-state index in [4.69, 9.17) is 9.47 Å². The van der Waals surface area contributed by atoms with Gasteiger partial charge in [-0.25, -0.2) is 0 Å². The Morgan fingerprint density at radius 1 is 0.943 bits per heavy atom. The van der Waals surface area contributed by atoms with Crippen LogP contribution in [-0.2, 0) is 24.2 Å². The molecule has 0 heterocycles. The molecular formula is C29H35NO5. The lowest BCUT2D eigenvalue weighted by atomic mass is 10.0. The molecule has 0 fully saturated rings. The van der Waals surface area contributed by atoms with E-state index in [-0.39, 0.29) is 6.61 Å². The summed E-state index contributed by atoms with van der Waals surface area (Å²) in [5.41, 5.74) is 3.68. The Labute approximate surface area is 207 Å². The third-order valence-corrected chi connectivity index (χ3v) is 5.72. The Morgan fingerprint density at radius 2 is 1.69 bits per heavy atom. The molecule has 0 bridgehead atoms. The van der Waals surface area contributed by atoms with Crippen molar-refractivity contribution >= 4 is 5.97 Å². The number of ether oxygens (including phenoxy) is 2. The second-order valence-electron chi connectivity index (χ2n) is 8.52. The van der Waals surface area contributed by atoms with Crippen molar-refractivity contribution < 1.29 is 24.5 Å². The molecule has 3 rings (SSSR count). The Hall–Kier alpha value is -3.19. The Kier molecular flexibility index (Phi) is 10.8. The van der Waals surface area contributed by atoms with Gasteiger partial charge in [0.25, 0.3) is 0 Å². The van der Waals surface area contributed by atoms with E-state index in [1.54, 1.807) is 18.2 Å². The maximum atomic E-state index is 11.2. The molecule has 1 unspecified atom stereocenters. The van der Waals surface area contributed by atoms with Crippen LogP contribution in [0, 0.1) is 0 Å². The number of aryl methyl sites for hydroxylation is 1. The number of unbranched alkanes of at least 4 members (excludes halogenated alkanes) is 1. The van der Waals surface area contributed by atoms with E-state index in [2.05, 4.69) is 41.7 Å². The highest BCUT2D eigenvalue weighted by molar-refractivity contribution is 5.69. The molecule has 1 atom stereocenters.